The fraction of sp³-hybridized carbons (Fsp3) is 0.0615. The van der Waals surface area contributed by atoms with E-state index in [0.717, 1.165) is 50.7 Å². The van der Waals surface area contributed by atoms with Gasteiger partial charge in [0.2, 0.25) is 0 Å². The average molecular weight is 884 g/mol. The van der Waals surface area contributed by atoms with Crippen LogP contribution in [0.15, 0.2) is 229 Å². The van der Waals surface area contributed by atoms with Gasteiger partial charge in [0.05, 0.1) is 28.1 Å². The van der Waals surface area contributed by atoms with Crippen LogP contribution in [0, 0.1) is 0 Å². The Morgan fingerprint density at radius 1 is 0.464 bits per heavy atom. The van der Waals surface area contributed by atoms with E-state index in [1.165, 1.54) is 87.1 Å². The summed E-state index contributed by atoms with van der Waals surface area (Å²) in [5.74, 6) is 0.899. The van der Waals surface area contributed by atoms with Gasteiger partial charge in [-0.25, -0.2) is 0 Å². The van der Waals surface area contributed by atoms with Crippen molar-refractivity contribution in [2.75, 3.05) is 7.05 Å². The van der Waals surface area contributed by atoms with Crippen molar-refractivity contribution in [3.63, 3.8) is 0 Å². The summed E-state index contributed by atoms with van der Waals surface area (Å²) in [5.41, 5.74) is 15.9. The lowest BCUT2D eigenvalue weighted by atomic mass is 9.88. The predicted molar refractivity (Wildman–Crippen MR) is 289 cm³/mol. The summed E-state index contributed by atoms with van der Waals surface area (Å²) in [7, 11) is 2.24. The van der Waals surface area contributed by atoms with Crippen LogP contribution in [0.3, 0.4) is 0 Å². The quantitative estimate of drug-likeness (QED) is 0.161. The number of aliphatic imine (C=N–C) groups is 1. The number of aromatic nitrogens is 1. The first-order valence-electron chi connectivity index (χ1n) is 23.9. The lowest BCUT2D eigenvalue weighted by Gasteiger charge is -2.37. The number of fused-ring (bicyclic) bond motifs is 12. The molecule has 4 nitrogen and oxygen atoms in total. The Labute approximate surface area is 400 Å². The second-order valence-corrected chi connectivity index (χ2v) is 18.7. The summed E-state index contributed by atoms with van der Waals surface area (Å²) < 4.78 is 9.21. The predicted octanol–water partition coefficient (Wildman–Crippen LogP) is 16.5. The minimum Gasteiger partial charge on any atom is -0.488 e. The maximum atomic E-state index is 6.69. The van der Waals surface area contributed by atoms with Crippen LogP contribution < -0.4 is 4.74 Å². The normalized spacial score (nSPS) is 14.7. The van der Waals surface area contributed by atoms with Crippen molar-refractivity contribution in [3.05, 3.63) is 246 Å². The van der Waals surface area contributed by atoms with Gasteiger partial charge in [0, 0.05) is 45.6 Å². The molecule has 3 heterocycles. The molecule has 4 heteroatoms. The van der Waals surface area contributed by atoms with Crippen molar-refractivity contribution < 1.29 is 4.74 Å². The SMILES string of the molecule is CC1=C(c2cc3c(c(-n4c5cc6ccccc6cc5c5c6ccccc6ccc54)c2)COc2ccccc2-3)N(C)C(c2cc3ccccc3c3ccccc23)N=C1c1ccc(-c2ccccc2)cc1. The highest BCUT2D eigenvalue weighted by Gasteiger charge is 2.33. The summed E-state index contributed by atoms with van der Waals surface area (Å²) in [6, 6.07) is 79.8. The Hall–Kier alpha value is -8.73. The number of para-hydroxylation sites is 1. The minimum absolute atomic E-state index is 0.330. The molecule has 0 saturated heterocycles. The van der Waals surface area contributed by atoms with Gasteiger partial charge in [0.25, 0.3) is 0 Å². The number of benzene rings is 11. The Bertz CT molecular complexity index is 4160. The van der Waals surface area contributed by atoms with Crippen LogP contribution in [0.25, 0.3) is 98.5 Å². The summed E-state index contributed by atoms with van der Waals surface area (Å²) in [6.07, 6.45) is -0.330. The molecule has 0 N–H and O–H groups in total. The fourth-order valence-electron chi connectivity index (χ4n) is 11.6. The van der Waals surface area contributed by atoms with Gasteiger partial charge in [-0.05, 0) is 115 Å². The standard InChI is InChI=1S/C65H45N3O/c1-40-63(44-30-28-42(29-31-44)41-16-4-3-5-17-41)66-65(55-35-47-21-9-10-22-49(47)51-24-12-13-25-52(51)55)67(2)64(40)48-36-54-53-26-14-15-27-61(53)69-39-57(54)60(38-48)68-58-33-32-43-18-8-11-23-50(43)62(58)56-34-45-19-6-7-20-46(45)37-59(56)68/h3-38,65H,39H2,1-2H3. The highest BCUT2D eigenvalue weighted by atomic mass is 16.5. The molecule has 0 fully saturated rings. The maximum Gasteiger partial charge on any atom is 0.148 e. The van der Waals surface area contributed by atoms with Gasteiger partial charge in [-0.15, -0.1) is 0 Å². The van der Waals surface area contributed by atoms with E-state index in [9.17, 15) is 0 Å². The van der Waals surface area contributed by atoms with Gasteiger partial charge in [-0.1, -0.05) is 176 Å². The Balaban J connectivity index is 1.06. The van der Waals surface area contributed by atoms with E-state index in [2.05, 4.69) is 242 Å². The van der Waals surface area contributed by atoms with Gasteiger partial charge in [-0.2, -0.15) is 0 Å². The molecule has 12 aromatic rings. The van der Waals surface area contributed by atoms with Crippen molar-refractivity contribution in [1.82, 2.24) is 9.47 Å². The number of allylic oxidation sites excluding steroid dienone is 1. The van der Waals surface area contributed by atoms with Gasteiger partial charge in [0.1, 0.15) is 18.5 Å². The van der Waals surface area contributed by atoms with Crippen molar-refractivity contribution >= 4 is 76.3 Å². The highest BCUT2D eigenvalue weighted by molar-refractivity contribution is 6.23. The van der Waals surface area contributed by atoms with E-state index in [1.54, 1.807) is 0 Å². The van der Waals surface area contributed by atoms with Crippen LogP contribution in [0.5, 0.6) is 5.75 Å². The smallest absolute Gasteiger partial charge is 0.148 e. The summed E-state index contributed by atoms with van der Waals surface area (Å²) >= 11 is 0. The average Bonchev–Trinajstić information content (AvgIpc) is 3.73. The van der Waals surface area contributed by atoms with E-state index < -0.39 is 0 Å². The Morgan fingerprint density at radius 2 is 1.10 bits per heavy atom. The zero-order chi connectivity index (χ0) is 45.7. The maximum absolute atomic E-state index is 6.69. The molecule has 0 bridgehead atoms. The molecule has 1 aromatic heterocycles. The van der Waals surface area contributed by atoms with Crippen molar-refractivity contribution in [2.24, 2.45) is 4.99 Å². The summed E-state index contributed by atoms with van der Waals surface area (Å²) in [4.78, 5) is 8.24. The van der Waals surface area contributed by atoms with Gasteiger partial charge in [0.15, 0.2) is 0 Å². The molecule has 0 amide bonds. The van der Waals surface area contributed by atoms with E-state index in [1.807, 2.05) is 0 Å². The molecule has 11 aromatic carbocycles. The number of nitrogens with zero attached hydrogens (tertiary/aromatic N) is 3. The lowest BCUT2D eigenvalue weighted by molar-refractivity contribution is 0.302. The van der Waals surface area contributed by atoms with Crippen molar-refractivity contribution in [3.8, 4) is 33.7 Å². The largest absolute Gasteiger partial charge is 0.488 e. The van der Waals surface area contributed by atoms with E-state index >= 15 is 0 Å². The second-order valence-electron chi connectivity index (χ2n) is 18.7. The highest BCUT2D eigenvalue weighted by Crippen LogP contribution is 2.48. The van der Waals surface area contributed by atoms with Crippen molar-refractivity contribution in [1.29, 1.82) is 0 Å². The molecule has 326 valence electrons. The number of rotatable bonds is 5. The van der Waals surface area contributed by atoms with Crippen molar-refractivity contribution in [2.45, 2.75) is 19.7 Å². The van der Waals surface area contributed by atoms with Gasteiger partial charge in [-0.3, -0.25) is 4.99 Å². The Morgan fingerprint density at radius 3 is 1.91 bits per heavy atom. The molecule has 69 heavy (non-hydrogen) atoms. The lowest BCUT2D eigenvalue weighted by Crippen LogP contribution is -2.30. The van der Waals surface area contributed by atoms with Crippen LogP contribution in [0.4, 0.5) is 0 Å². The monoisotopic (exact) mass is 883 g/mol. The number of ether oxygens (including phenoxy) is 1. The summed E-state index contributed by atoms with van der Waals surface area (Å²) in [5, 5.41) is 12.3. The molecule has 0 radical (unpaired) electrons. The van der Waals surface area contributed by atoms with Crippen LogP contribution in [-0.4, -0.2) is 22.2 Å². The van der Waals surface area contributed by atoms with E-state index in [4.69, 9.17) is 9.73 Å². The zero-order valence-corrected chi connectivity index (χ0v) is 38.3. The summed E-state index contributed by atoms with van der Waals surface area (Å²) in [6.45, 7) is 2.71. The third kappa shape index (κ3) is 6.12. The molecule has 2 aliphatic heterocycles. The van der Waals surface area contributed by atoms with Crippen LogP contribution >= 0.6 is 0 Å². The Kier molecular flexibility index (Phi) is 8.81. The third-order valence-electron chi connectivity index (χ3n) is 14.8. The first-order chi connectivity index (χ1) is 34.1. The number of hydrogen-bond donors (Lipinski definition) is 0. The molecular weight excluding hydrogens is 839 g/mol. The molecule has 14 rings (SSSR count). The first-order valence-corrected chi connectivity index (χ1v) is 23.9. The number of hydrogen-bond acceptors (Lipinski definition) is 3. The molecule has 1 atom stereocenters. The topological polar surface area (TPSA) is 29.8 Å². The fourth-order valence-corrected chi connectivity index (χ4v) is 11.6. The van der Waals surface area contributed by atoms with Gasteiger partial charge < -0.3 is 14.2 Å². The van der Waals surface area contributed by atoms with Gasteiger partial charge >= 0.3 is 0 Å². The molecule has 0 spiro atoms. The second kappa shape index (κ2) is 15.4. The molecule has 1 unspecified atom stereocenters. The van der Waals surface area contributed by atoms with Crippen LogP contribution in [0.2, 0.25) is 0 Å². The van der Waals surface area contributed by atoms with E-state index in [0.29, 0.717) is 6.61 Å². The van der Waals surface area contributed by atoms with E-state index in [-0.39, 0.29) is 6.17 Å². The first kappa shape index (κ1) is 39.4. The van der Waals surface area contributed by atoms with Crippen LogP contribution in [0.1, 0.15) is 35.3 Å². The molecular formula is C65H45N3O. The van der Waals surface area contributed by atoms with Crippen LogP contribution in [-0.2, 0) is 6.61 Å². The zero-order valence-electron chi connectivity index (χ0n) is 38.3. The molecule has 0 aliphatic carbocycles. The third-order valence-corrected chi connectivity index (χ3v) is 14.8. The molecule has 2 aliphatic rings. The molecule has 0 saturated carbocycles. The minimum atomic E-state index is -0.330.